The van der Waals surface area contributed by atoms with E-state index in [2.05, 4.69) is 12.2 Å². The summed E-state index contributed by atoms with van der Waals surface area (Å²) in [6, 6.07) is 12.1. The van der Waals surface area contributed by atoms with Crippen molar-refractivity contribution in [1.82, 2.24) is 9.47 Å². The van der Waals surface area contributed by atoms with Gasteiger partial charge in [0.2, 0.25) is 0 Å². The van der Waals surface area contributed by atoms with Gasteiger partial charge in [0.05, 0.1) is 4.91 Å². The Labute approximate surface area is 197 Å². The van der Waals surface area contributed by atoms with Crippen LogP contribution in [0.4, 0.5) is 5.82 Å². The second-order valence-electron chi connectivity index (χ2n) is 7.59. The molecular weight excluding hydrogens is 440 g/mol. The van der Waals surface area contributed by atoms with E-state index in [9.17, 15) is 14.9 Å². The first kappa shape index (κ1) is 23.8. The van der Waals surface area contributed by atoms with Gasteiger partial charge in [0.25, 0.3) is 11.5 Å². The number of anilines is 1. The van der Waals surface area contributed by atoms with Crippen molar-refractivity contribution in [3.8, 4) is 6.07 Å². The number of aromatic nitrogens is 1. The van der Waals surface area contributed by atoms with Crippen LogP contribution in [-0.4, -0.2) is 32.8 Å². The van der Waals surface area contributed by atoms with E-state index in [1.807, 2.05) is 36.4 Å². The number of amides is 1. The molecule has 0 unspecified atom stereocenters. The van der Waals surface area contributed by atoms with Gasteiger partial charge in [0.1, 0.15) is 21.8 Å². The molecular formula is C24H26N4O2S2. The number of pyridine rings is 1. The Morgan fingerprint density at radius 3 is 2.62 bits per heavy atom. The van der Waals surface area contributed by atoms with Crippen LogP contribution in [-0.2, 0) is 18.3 Å². The zero-order valence-electron chi connectivity index (χ0n) is 18.5. The molecule has 1 aliphatic heterocycles. The summed E-state index contributed by atoms with van der Waals surface area (Å²) >= 11 is 6.67. The molecule has 0 saturated carbocycles. The van der Waals surface area contributed by atoms with Crippen LogP contribution in [0.3, 0.4) is 0 Å². The maximum absolute atomic E-state index is 12.9. The highest BCUT2D eigenvalue weighted by atomic mass is 32.2. The zero-order chi connectivity index (χ0) is 23.3. The fraction of sp³-hybridized carbons (Fsp3) is 0.333. The van der Waals surface area contributed by atoms with Gasteiger partial charge in [-0.1, -0.05) is 67.7 Å². The van der Waals surface area contributed by atoms with Gasteiger partial charge in [-0.3, -0.25) is 19.1 Å². The number of thiocarbonyl (C=S) groups is 1. The van der Waals surface area contributed by atoms with E-state index in [4.69, 9.17) is 12.2 Å². The first-order valence-electron chi connectivity index (χ1n) is 10.6. The third-order valence-corrected chi connectivity index (χ3v) is 6.81. The molecule has 2 heterocycles. The monoisotopic (exact) mass is 466 g/mol. The van der Waals surface area contributed by atoms with E-state index in [-0.39, 0.29) is 17.0 Å². The van der Waals surface area contributed by atoms with E-state index in [0.29, 0.717) is 39.3 Å². The molecule has 1 fully saturated rings. The molecule has 2 aromatic rings. The molecule has 1 aromatic carbocycles. The fourth-order valence-electron chi connectivity index (χ4n) is 3.55. The lowest BCUT2D eigenvalue weighted by Gasteiger charge is -2.18. The first-order valence-corrected chi connectivity index (χ1v) is 11.8. The number of nitriles is 1. The summed E-state index contributed by atoms with van der Waals surface area (Å²) in [6.07, 6.45) is 4.37. The highest BCUT2D eigenvalue weighted by molar-refractivity contribution is 8.26. The second-order valence-corrected chi connectivity index (χ2v) is 9.26. The highest BCUT2D eigenvalue weighted by Crippen LogP contribution is 2.35. The number of nitrogens with zero attached hydrogens (tertiary/aromatic N) is 3. The van der Waals surface area contributed by atoms with Crippen LogP contribution < -0.4 is 10.9 Å². The van der Waals surface area contributed by atoms with E-state index in [1.54, 1.807) is 24.9 Å². The van der Waals surface area contributed by atoms with Gasteiger partial charge in [-0.2, -0.15) is 5.26 Å². The number of unbranched alkanes of at least 4 members (excludes halogenated alkanes) is 1. The Morgan fingerprint density at radius 1 is 1.25 bits per heavy atom. The Hall–Kier alpha value is -2.89. The lowest BCUT2D eigenvalue weighted by molar-refractivity contribution is -0.122. The van der Waals surface area contributed by atoms with Gasteiger partial charge in [-0.25, -0.2) is 0 Å². The molecule has 32 heavy (non-hydrogen) atoms. The topological polar surface area (TPSA) is 78.1 Å². The Morgan fingerprint density at radius 2 is 1.97 bits per heavy atom. The van der Waals surface area contributed by atoms with Gasteiger partial charge in [0.15, 0.2) is 0 Å². The SMILES string of the molecule is CCCCN1C(=O)/C(=C\c2c(C)c(C#N)c(=O)n(C)c2NCCc2ccccc2)SC1=S. The Balaban J connectivity index is 1.98. The predicted octanol–water partition coefficient (Wildman–Crippen LogP) is 4.22. The summed E-state index contributed by atoms with van der Waals surface area (Å²) < 4.78 is 1.98. The molecule has 166 valence electrons. The number of nitrogens with one attached hydrogen (secondary N) is 1. The standard InChI is InChI=1S/C24H26N4O2S2/c1-4-5-13-28-23(30)20(32-24(28)31)14-18-16(2)19(15-25)22(29)27(3)21(18)26-12-11-17-9-7-6-8-10-17/h6-10,14,26H,4-5,11-13H2,1-3H3/b20-14+. The molecule has 1 amide bonds. The molecule has 1 saturated heterocycles. The fourth-order valence-corrected chi connectivity index (χ4v) is 4.85. The van der Waals surface area contributed by atoms with Crippen molar-refractivity contribution in [3.63, 3.8) is 0 Å². The van der Waals surface area contributed by atoms with Gasteiger partial charge in [0, 0.05) is 25.7 Å². The van der Waals surface area contributed by atoms with Crippen molar-refractivity contribution in [3.05, 3.63) is 67.8 Å². The second kappa shape index (κ2) is 10.6. The molecule has 0 radical (unpaired) electrons. The highest BCUT2D eigenvalue weighted by Gasteiger charge is 2.32. The Bertz CT molecular complexity index is 1160. The minimum Gasteiger partial charge on any atom is -0.371 e. The smallest absolute Gasteiger partial charge is 0.270 e. The van der Waals surface area contributed by atoms with E-state index in [0.717, 1.165) is 19.3 Å². The summed E-state index contributed by atoms with van der Waals surface area (Å²) in [4.78, 5) is 27.8. The minimum atomic E-state index is -0.361. The van der Waals surface area contributed by atoms with Crippen LogP contribution in [0, 0.1) is 18.3 Å². The molecule has 1 N–H and O–H groups in total. The van der Waals surface area contributed by atoms with Crippen LogP contribution in [0.5, 0.6) is 0 Å². The average molecular weight is 467 g/mol. The van der Waals surface area contributed by atoms with Gasteiger partial charge in [-0.15, -0.1) is 0 Å². The van der Waals surface area contributed by atoms with Crippen LogP contribution in [0.1, 0.15) is 42.0 Å². The predicted molar refractivity (Wildman–Crippen MR) is 135 cm³/mol. The number of carbonyl (C=O) groups excluding carboxylic acids is 1. The average Bonchev–Trinajstić information content (AvgIpc) is 3.06. The van der Waals surface area contributed by atoms with Crippen LogP contribution >= 0.6 is 24.0 Å². The van der Waals surface area contributed by atoms with Crippen molar-refractivity contribution in [2.75, 3.05) is 18.4 Å². The number of hydrogen-bond acceptors (Lipinski definition) is 6. The lowest BCUT2D eigenvalue weighted by atomic mass is 10.0. The van der Waals surface area contributed by atoms with Gasteiger partial charge >= 0.3 is 0 Å². The van der Waals surface area contributed by atoms with Crippen LogP contribution in [0.2, 0.25) is 0 Å². The molecule has 1 aromatic heterocycles. The molecule has 0 aliphatic carbocycles. The number of thioether (sulfide) groups is 1. The van der Waals surface area contributed by atoms with Crippen molar-refractivity contribution < 1.29 is 4.79 Å². The summed E-state index contributed by atoms with van der Waals surface area (Å²) in [5.41, 5.74) is 2.10. The zero-order valence-corrected chi connectivity index (χ0v) is 20.1. The van der Waals surface area contributed by atoms with Crippen molar-refractivity contribution in [2.24, 2.45) is 7.05 Å². The molecule has 3 rings (SSSR count). The summed E-state index contributed by atoms with van der Waals surface area (Å²) in [6.45, 7) is 5.00. The Kier molecular flexibility index (Phi) is 7.89. The quantitative estimate of drug-likeness (QED) is 0.464. The van der Waals surface area contributed by atoms with Crippen molar-refractivity contribution in [2.45, 2.75) is 33.1 Å². The van der Waals surface area contributed by atoms with E-state index in [1.165, 1.54) is 21.9 Å². The summed E-state index contributed by atoms with van der Waals surface area (Å²) in [5.74, 6) is 0.455. The summed E-state index contributed by atoms with van der Waals surface area (Å²) in [5, 5.41) is 12.9. The first-order chi connectivity index (χ1) is 15.4. The van der Waals surface area contributed by atoms with Crippen LogP contribution in [0.25, 0.3) is 6.08 Å². The third-order valence-electron chi connectivity index (χ3n) is 5.43. The maximum Gasteiger partial charge on any atom is 0.270 e. The normalized spacial score (nSPS) is 14.8. The maximum atomic E-state index is 12.9. The molecule has 0 atom stereocenters. The lowest BCUT2D eigenvalue weighted by Crippen LogP contribution is -2.29. The largest absolute Gasteiger partial charge is 0.371 e. The number of hydrogen-bond donors (Lipinski definition) is 1. The van der Waals surface area contributed by atoms with Gasteiger partial charge in [-0.05, 0) is 37.0 Å². The molecule has 8 heteroatoms. The number of benzene rings is 1. The molecule has 0 bridgehead atoms. The van der Waals surface area contributed by atoms with E-state index >= 15 is 0 Å². The minimum absolute atomic E-state index is 0.0776. The van der Waals surface area contributed by atoms with Crippen molar-refractivity contribution in [1.29, 1.82) is 5.26 Å². The number of carbonyl (C=O) groups is 1. The van der Waals surface area contributed by atoms with Crippen molar-refractivity contribution >= 4 is 46.1 Å². The third kappa shape index (κ3) is 4.95. The van der Waals surface area contributed by atoms with Gasteiger partial charge < -0.3 is 5.32 Å². The molecule has 1 aliphatic rings. The van der Waals surface area contributed by atoms with E-state index < -0.39 is 0 Å². The molecule has 0 spiro atoms. The van der Waals surface area contributed by atoms with Crippen LogP contribution in [0.15, 0.2) is 40.0 Å². The number of rotatable bonds is 8. The molecule has 6 nitrogen and oxygen atoms in total. The summed E-state index contributed by atoms with van der Waals surface area (Å²) in [7, 11) is 1.64.